The van der Waals surface area contributed by atoms with Crippen molar-refractivity contribution < 1.29 is 17.9 Å². The molecule has 0 atom stereocenters. The first-order valence-electron chi connectivity index (χ1n) is 9.62. The van der Waals surface area contributed by atoms with Crippen LogP contribution in [0, 0.1) is 0 Å². The third-order valence-electron chi connectivity index (χ3n) is 5.00. The SMILES string of the molecule is COc1ccc(Br)cc1S(=O)(=O)N(CC(=O)NC1CCCCC1)c1ccccc1. The van der Waals surface area contributed by atoms with Crippen molar-refractivity contribution in [1.29, 1.82) is 0 Å². The van der Waals surface area contributed by atoms with Gasteiger partial charge in [0.1, 0.15) is 17.2 Å². The second-order valence-electron chi connectivity index (χ2n) is 7.04. The zero-order valence-electron chi connectivity index (χ0n) is 16.3. The topological polar surface area (TPSA) is 75.7 Å². The largest absolute Gasteiger partial charge is 0.495 e. The molecule has 0 aromatic heterocycles. The number of methoxy groups -OCH3 is 1. The highest BCUT2D eigenvalue weighted by Crippen LogP contribution is 2.32. The number of sulfonamides is 1. The highest BCUT2D eigenvalue weighted by Gasteiger charge is 2.31. The van der Waals surface area contributed by atoms with E-state index < -0.39 is 10.0 Å². The summed E-state index contributed by atoms with van der Waals surface area (Å²) in [4.78, 5) is 12.7. The van der Waals surface area contributed by atoms with Gasteiger partial charge in [-0.25, -0.2) is 8.42 Å². The summed E-state index contributed by atoms with van der Waals surface area (Å²) in [5.74, 6) is -0.0832. The Balaban J connectivity index is 1.93. The fraction of sp³-hybridized carbons (Fsp3) is 0.381. The number of anilines is 1. The van der Waals surface area contributed by atoms with Crippen LogP contribution in [0.4, 0.5) is 5.69 Å². The van der Waals surface area contributed by atoms with E-state index in [0.29, 0.717) is 10.2 Å². The standard InChI is InChI=1S/C21H25BrN2O4S/c1-28-19-13-12-16(22)14-20(19)29(26,27)24(18-10-6-3-7-11-18)15-21(25)23-17-8-4-2-5-9-17/h3,6-7,10-14,17H,2,4-5,8-9,15H2,1H3,(H,23,25). The lowest BCUT2D eigenvalue weighted by atomic mass is 9.95. The average molecular weight is 481 g/mol. The van der Waals surface area contributed by atoms with Gasteiger partial charge in [-0.05, 0) is 43.2 Å². The molecule has 8 heteroatoms. The first kappa shape index (κ1) is 21.6. The fourth-order valence-electron chi connectivity index (χ4n) is 3.53. The summed E-state index contributed by atoms with van der Waals surface area (Å²) < 4.78 is 34.1. The highest BCUT2D eigenvalue weighted by atomic mass is 79.9. The van der Waals surface area contributed by atoms with Gasteiger partial charge in [0, 0.05) is 10.5 Å². The van der Waals surface area contributed by atoms with Crippen molar-refractivity contribution in [2.45, 2.75) is 43.0 Å². The smallest absolute Gasteiger partial charge is 0.268 e. The van der Waals surface area contributed by atoms with Gasteiger partial charge in [-0.3, -0.25) is 9.10 Å². The summed E-state index contributed by atoms with van der Waals surface area (Å²) in [5, 5.41) is 3.00. The van der Waals surface area contributed by atoms with E-state index >= 15 is 0 Å². The Labute approximate surface area is 180 Å². The van der Waals surface area contributed by atoms with Gasteiger partial charge in [-0.1, -0.05) is 53.4 Å². The summed E-state index contributed by atoms with van der Waals surface area (Å²) in [6, 6.07) is 13.5. The van der Waals surface area contributed by atoms with Gasteiger partial charge in [0.25, 0.3) is 10.0 Å². The maximum Gasteiger partial charge on any atom is 0.268 e. The minimum atomic E-state index is -4.04. The molecule has 0 aliphatic heterocycles. The molecule has 0 bridgehead atoms. The normalized spacial score (nSPS) is 15.0. The number of ether oxygens (including phenoxy) is 1. The lowest BCUT2D eigenvalue weighted by molar-refractivity contribution is -0.120. The van der Waals surface area contributed by atoms with Crippen molar-refractivity contribution in [3.05, 3.63) is 53.0 Å². The van der Waals surface area contributed by atoms with Crippen LogP contribution in [-0.2, 0) is 14.8 Å². The lowest BCUT2D eigenvalue weighted by Gasteiger charge is -2.27. The molecule has 0 radical (unpaired) electrons. The van der Waals surface area contributed by atoms with Gasteiger partial charge in [-0.2, -0.15) is 0 Å². The lowest BCUT2D eigenvalue weighted by Crippen LogP contribution is -2.45. The van der Waals surface area contributed by atoms with E-state index in [0.717, 1.165) is 30.0 Å². The van der Waals surface area contributed by atoms with Gasteiger partial charge in [0.2, 0.25) is 5.91 Å². The van der Waals surface area contributed by atoms with Crippen LogP contribution in [0.3, 0.4) is 0 Å². The number of benzene rings is 2. The zero-order valence-corrected chi connectivity index (χ0v) is 18.7. The minimum Gasteiger partial charge on any atom is -0.495 e. The second-order valence-corrected chi connectivity index (χ2v) is 9.79. The molecule has 2 aromatic carbocycles. The van der Waals surface area contributed by atoms with Crippen LogP contribution in [-0.4, -0.2) is 34.0 Å². The Hall–Kier alpha value is -2.06. The molecule has 0 saturated heterocycles. The van der Waals surface area contributed by atoms with Crippen LogP contribution < -0.4 is 14.4 Å². The van der Waals surface area contributed by atoms with Crippen molar-refractivity contribution in [2.75, 3.05) is 18.0 Å². The van der Waals surface area contributed by atoms with Gasteiger partial charge in [-0.15, -0.1) is 0 Å². The fourth-order valence-corrected chi connectivity index (χ4v) is 5.65. The van der Waals surface area contributed by atoms with Crippen molar-refractivity contribution >= 4 is 37.5 Å². The summed E-state index contributed by atoms with van der Waals surface area (Å²) in [5.41, 5.74) is 0.424. The number of nitrogens with zero attached hydrogens (tertiary/aromatic N) is 1. The number of rotatable bonds is 7. The second kappa shape index (κ2) is 9.63. The number of hydrogen-bond donors (Lipinski definition) is 1. The van der Waals surface area contributed by atoms with E-state index in [4.69, 9.17) is 4.74 Å². The first-order valence-corrected chi connectivity index (χ1v) is 11.9. The number of para-hydroxylation sites is 1. The van der Waals surface area contributed by atoms with Gasteiger partial charge in [0.15, 0.2) is 0 Å². The van der Waals surface area contributed by atoms with E-state index in [2.05, 4.69) is 21.2 Å². The Morgan fingerprint density at radius 3 is 2.48 bits per heavy atom. The maximum absolute atomic E-state index is 13.5. The van der Waals surface area contributed by atoms with Gasteiger partial charge < -0.3 is 10.1 Å². The molecule has 1 aliphatic carbocycles. The molecule has 156 valence electrons. The van der Waals surface area contributed by atoms with Crippen molar-refractivity contribution in [3.63, 3.8) is 0 Å². The van der Waals surface area contributed by atoms with E-state index in [9.17, 15) is 13.2 Å². The Morgan fingerprint density at radius 1 is 1.14 bits per heavy atom. The molecule has 0 unspecified atom stereocenters. The van der Waals surface area contributed by atoms with Crippen LogP contribution in [0.2, 0.25) is 0 Å². The van der Waals surface area contributed by atoms with Crippen molar-refractivity contribution in [1.82, 2.24) is 5.32 Å². The molecule has 1 N–H and O–H groups in total. The summed E-state index contributed by atoms with van der Waals surface area (Å²) in [6.45, 7) is -0.293. The molecule has 6 nitrogen and oxygen atoms in total. The molecular weight excluding hydrogens is 456 g/mol. The Kier molecular flexibility index (Phi) is 7.18. The predicted molar refractivity (Wildman–Crippen MR) is 117 cm³/mol. The molecule has 1 fully saturated rings. The number of hydrogen-bond acceptors (Lipinski definition) is 4. The van der Waals surface area contributed by atoms with Crippen LogP contribution in [0.25, 0.3) is 0 Å². The molecule has 0 heterocycles. The predicted octanol–water partition coefficient (Wildman–Crippen LogP) is 4.10. The highest BCUT2D eigenvalue weighted by molar-refractivity contribution is 9.10. The van der Waals surface area contributed by atoms with E-state index in [1.54, 1.807) is 42.5 Å². The maximum atomic E-state index is 13.5. The third-order valence-corrected chi connectivity index (χ3v) is 7.28. The van der Waals surface area contributed by atoms with Crippen LogP contribution in [0.1, 0.15) is 32.1 Å². The molecule has 1 amide bonds. The number of halogens is 1. The third kappa shape index (κ3) is 5.30. The molecule has 1 aliphatic rings. The monoisotopic (exact) mass is 480 g/mol. The van der Waals surface area contributed by atoms with Gasteiger partial charge in [0.05, 0.1) is 12.8 Å². The number of carbonyl (C=O) groups excluding carboxylic acids is 1. The summed E-state index contributed by atoms with van der Waals surface area (Å²) in [6.07, 6.45) is 5.22. The summed E-state index contributed by atoms with van der Waals surface area (Å²) >= 11 is 3.32. The molecule has 2 aromatic rings. The Bertz CT molecular complexity index is 944. The van der Waals surface area contributed by atoms with Crippen molar-refractivity contribution in [3.8, 4) is 5.75 Å². The molecule has 1 saturated carbocycles. The van der Waals surface area contributed by atoms with Crippen LogP contribution >= 0.6 is 15.9 Å². The summed E-state index contributed by atoms with van der Waals surface area (Å²) in [7, 11) is -2.62. The van der Waals surface area contributed by atoms with E-state index in [-0.39, 0.29) is 29.1 Å². The number of nitrogens with one attached hydrogen (secondary N) is 1. The minimum absolute atomic E-state index is 0.00342. The van der Waals surface area contributed by atoms with E-state index in [1.807, 2.05) is 0 Å². The molecule has 29 heavy (non-hydrogen) atoms. The van der Waals surface area contributed by atoms with Crippen LogP contribution in [0.15, 0.2) is 57.9 Å². The average Bonchev–Trinajstić information content (AvgIpc) is 2.73. The number of carbonyl (C=O) groups is 1. The molecule has 0 spiro atoms. The van der Waals surface area contributed by atoms with Crippen LogP contribution in [0.5, 0.6) is 5.75 Å². The van der Waals surface area contributed by atoms with Gasteiger partial charge >= 0.3 is 0 Å². The molecular formula is C21H25BrN2O4S. The molecule has 3 rings (SSSR count). The van der Waals surface area contributed by atoms with E-state index in [1.165, 1.54) is 19.6 Å². The first-order chi connectivity index (χ1) is 13.9. The Morgan fingerprint density at radius 2 is 1.83 bits per heavy atom. The zero-order chi connectivity index (χ0) is 20.9. The number of amides is 1. The quantitative estimate of drug-likeness (QED) is 0.646. The van der Waals surface area contributed by atoms with Crippen molar-refractivity contribution in [2.24, 2.45) is 0 Å².